The molecule has 2 atom stereocenters. The number of hydrogen-bond acceptors (Lipinski definition) is 1. The molecule has 1 heterocycles. The second-order valence-corrected chi connectivity index (χ2v) is 2.58. The van der Waals surface area contributed by atoms with Crippen molar-refractivity contribution < 1.29 is 4.74 Å². The number of hydrogen-bond donors (Lipinski definition) is 0. The molecule has 9 heavy (non-hydrogen) atoms. The molecule has 2 unspecified atom stereocenters. The van der Waals surface area contributed by atoms with Crippen LogP contribution in [0.4, 0.5) is 0 Å². The van der Waals surface area contributed by atoms with Gasteiger partial charge in [-0.05, 0) is 6.42 Å². The maximum absolute atomic E-state index is 5.16. The van der Waals surface area contributed by atoms with Gasteiger partial charge in [0.15, 0.2) is 0 Å². The van der Waals surface area contributed by atoms with Crippen LogP contribution in [-0.2, 0) is 4.74 Å². The Morgan fingerprint density at radius 3 is 2.78 bits per heavy atom. The topological polar surface area (TPSA) is 12.5 Å². The fourth-order valence-corrected chi connectivity index (χ4v) is 1.18. The molecule has 1 fully saturated rings. The lowest BCUT2D eigenvalue weighted by atomic mass is 9.98. The zero-order valence-electron chi connectivity index (χ0n) is 5.29. The normalized spacial score (nSPS) is 39.1. The molecule has 0 N–H and O–H groups in total. The summed E-state index contributed by atoms with van der Waals surface area (Å²) in [4.78, 5) is 0. The molecule has 2 rings (SSSR count). The quantitative estimate of drug-likeness (QED) is 0.480. The summed E-state index contributed by atoms with van der Waals surface area (Å²) in [5.41, 5.74) is 0. The van der Waals surface area contributed by atoms with E-state index in [9.17, 15) is 0 Å². The van der Waals surface area contributed by atoms with Crippen LogP contribution in [0.2, 0.25) is 0 Å². The van der Waals surface area contributed by atoms with Crippen LogP contribution in [0.3, 0.4) is 0 Å². The molecule has 1 saturated heterocycles. The molecule has 1 aliphatic heterocycles. The van der Waals surface area contributed by atoms with E-state index in [1.165, 1.54) is 6.42 Å². The Kier molecular flexibility index (Phi) is 1.16. The maximum Gasteiger partial charge on any atom is 0.0875 e. The van der Waals surface area contributed by atoms with Gasteiger partial charge in [0, 0.05) is 5.92 Å². The molecule has 1 nitrogen and oxygen atoms in total. The van der Waals surface area contributed by atoms with E-state index >= 15 is 0 Å². The second kappa shape index (κ2) is 1.99. The highest BCUT2D eigenvalue weighted by Crippen LogP contribution is 2.26. The van der Waals surface area contributed by atoms with Crippen LogP contribution in [0.25, 0.3) is 0 Å². The van der Waals surface area contributed by atoms with E-state index in [0.29, 0.717) is 12.0 Å². The number of allylic oxidation sites excluding steroid dienone is 3. The van der Waals surface area contributed by atoms with Crippen molar-refractivity contribution in [1.29, 1.82) is 0 Å². The summed E-state index contributed by atoms with van der Waals surface area (Å²) in [6, 6.07) is 0. The van der Waals surface area contributed by atoms with Gasteiger partial charge in [0.2, 0.25) is 0 Å². The van der Waals surface area contributed by atoms with Gasteiger partial charge in [0.1, 0.15) is 0 Å². The SMILES string of the molecule is C1=CCC(C2CO2)C=C1. The molecule has 0 aromatic rings. The molecule has 0 radical (unpaired) electrons. The lowest BCUT2D eigenvalue weighted by molar-refractivity contribution is 0.360. The molecule has 0 saturated carbocycles. The molecule has 0 bridgehead atoms. The Morgan fingerprint density at radius 2 is 2.22 bits per heavy atom. The number of ether oxygens (including phenoxy) is 1. The van der Waals surface area contributed by atoms with Gasteiger partial charge in [-0.3, -0.25) is 0 Å². The van der Waals surface area contributed by atoms with Crippen LogP contribution in [-0.4, -0.2) is 12.7 Å². The first kappa shape index (κ1) is 5.24. The molecule has 0 spiro atoms. The fourth-order valence-electron chi connectivity index (χ4n) is 1.18. The first-order valence-corrected chi connectivity index (χ1v) is 3.42. The first-order chi connectivity index (χ1) is 4.47. The third-order valence-corrected chi connectivity index (χ3v) is 1.85. The van der Waals surface area contributed by atoms with Gasteiger partial charge >= 0.3 is 0 Å². The number of epoxide rings is 1. The fraction of sp³-hybridized carbons (Fsp3) is 0.500. The first-order valence-electron chi connectivity index (χ1n) is 3.42. The van der Waals surface area contributed by atoms with Crippen LogP contribution >= 0.6 is 0 Å². The van der Waals surface area contributed by atoms with Crippen molar-refractivity contribution in [3.05, 3.63) is 24.3 Å². The molecule has 0 amide bonds. The van der Waals surface area contributed by atoms with Gasteiger partial charge in [-0.2, -0.15) is 0 Å². The minimum absolute atomic E-state index is 0.547. The van der Waals surface area contributed by atoms with Gasteiger partial charge in [-0.25, -0.2) is 0 Å². The Bertz CT molecular complexity index is 154. The lowest BCUT2D eigenvalue weighted by Crippen LogP contribution is -2.04. The van der Waals surface area contributed by atoms with Crippen molar-refractivity contribution in [2.24, 2.45) is 5.92 Å². The third-order valence-electron chi connectivity index (χ3n) is 1.85. The lowest BCUT2D eigenvalue weighted by Gasteiger charge is -2.07. The van der Waals surface area contributed by atoms with Crippen LogP contribution in [0.15, 0.2) is 24.3 Å². The van der Waals surface area contributed by atoms with Gasteiger partial charge < -0.3 is 4.74 Å². The highest BCUT2D eigenvalue weighted by atomic mass is 16.6. The maximum atomic E-state index is 5.16. The zero-order valence-corrected chi connectivity index (χ0v) is 5.29. The molecule has 1 heteroatoms. The minimum atomic E-state index is 0.547. The molecule has 1 aliphatic carbocycles. The van der Waals surface area contributed by atoms with Crippen molar-refractivity contribution in [3.8, 4) is 0 Å². The summed E-state index contributed by atoms with van der Waals surface area (Å²) < 4.78 is 5.16. The van der Waals surface area contributed by atoms with E-state index in [1.54, 1.807) is 0 Å². The summed E-state index contributed by atoms with van der Waals surface area (Å²) in [6.07, 6.45) is 10.4. The largest absolute Gasteiger partial charge is 0.372 e. The molecule has 2 aliphatic rings. The average molecular weight is 122 g/mol. The summed E-state index contributed by atoms with van der Waals surface area (Å²) in [5.74, 6) is 0.676. The summed E-state index contributed by atoms with van der Waals surface area (Å²) >= 11 is 0. The van der Waals surface area contributed by atoms with Gasteiger partial charge in [-0.1, -0.05) is 24.3 Å². The molecule has 48 valence electrons. The standard InChI is InChI=1S/C8H10O/c1-2-4-7(5-3-1)8-6-9-8/h1-4,7-8H,5-6H2. The second-order valence-electron chi connectivity index (χ2n) is 2.58. The van der Waals surface area contributed by atoms with Gasteiger partial charge in [-0.15, -0.1) is 0 Å². The monoisotopic (exact) mass is 122 g/mol. The average Bonchev–Trinajstić information content (AvgIpc) is 2.71. The predicted molar refractivity (Wildman–Crippen MR) is 36.1 cm³/mol. The van der Waals surface area contributed by atoms with Crippen molar-refractivity contribution in [2.45, 2.75) is 12.5 Å². The zero-order chi connectivity index (χ0) is 6.10. The van der Waals surface area contributed by atoms with E-state index in [4.69, 9.17) is 4.74 Å². The van der Waals surface area contributed by atoms with Crippen molar-refractivity contribution >= 4 is 0 Å². The molecule has 0 aromatic heterocycles. The van der Waals surface area contributed by atoms with Crippen LogP contribution in [0.1, 0.15) is 6.42 Å². The van der Waals surface area contributed by atoms with E-state index in [2.05, 4.69) is 24.3 Å². The van der Waals surface area contributed by atoms with Gasteiger partial charge in [0.05, 0.1) is 12.7 Å². The Labute approximate surface area is 55.0 Å². The summed E-state index contributed by atoms with van der Waals surface area (Å²) in [5, 5.41) is 0. The Balaban J connectivity index is 1.98. The van der Waals surface area contributed by atoms with Crippen LogP contribution < -0.4 is 0 Å². The minimum Gasteiger partial charge on any atom is -0.372 e. The predicted octanol–water partition coefficient (Wildman–Crippen LogP) is 1.52. The van der Waals surface area contributed by atoms with Gasteiger partial charge in [0.25, 0.3) is 0 Å². The summed E-state index contributed by atoms with van der Waals surface area (Å²) in [6.45, 7) is 0.975. The third kappa shape index (κ3) is 1.06. The van der Waals surface area contributed by atoms with Crippen LogP contribution in [0, 0.1) is 5.92 Å². The van der Waals surface area contributed by atoms with E-state index in [-0.39, 0.29) is 0 Å². The van der Waals surface area contributed by atoms with Crippen molar-refractivity contribution in [3.63, 3.8) is 0 Å². The van der Waals surface area contributed by atoms with E-state index in [1.807, 2.05) is 0 Å². The smallest absolute Gasteiger partial charge is 0.0875 e. The highest BCUT2D eigenvalue weighted by molar-refractivity contribution is 5.13. The molecular weight excluding hydrogens is 112 g/mol. The molecular formula is C8H10O. The summed E-state index contributed by atoms with van der Waals surface area (Å²) in [7, 11) is 0. The number of rotatable bonds is 1. The Hall–Kier alpha value is -0.560. The highest BCUT2D eigenvalue weighted by Gasteiger charge is 2.30. The van der Waals surface area contributed by atoms with Crippen LogP contribution in [0.5, 0.6) is 0 Å². The van der Waals surface area contributed by atoms with E-state index in [0.717, 1.165) is 6.61 Å². The molecule has 0 aromatic carbocycles. The Morgan fingerprint density at radius 1 is 1.33 bits per heavy atom. The van der Waals surface area contributed by atoms with Crippen molar-refractivity contribution in [1.82, 2.24) is 0 Å². The van der Waals surface area contributed by atoms with E-state index < -0.39 is 0 Å². The van der Waals surface area contributed by atoms with Crippen molar-refractivity contribution in [2.75, 3.05) is 6.61 Å².